The highest BCUT2D eigenvalue weighted by molar-refractivity contribution is 5.93. The van der Waals surface area contributed by atoms with Crippen LogP contribution in [0.25, 0.3) is 0 Å². The van der Waals surface area contributed by atoms with Gasteiger partial charge in [0.1, 0.15) is 6.26 Å². The van der Waals surface area contributed by atoms with Gasteiger partial charge in [0.15, 0.2) is 0 Å². The van der Waals surface area contributed by atoms with Gasteiger partial charge in [-0.25, -0.2) is 9.78 Å². The molecule has 0 bridgehead atoms. The molecule has 116 valence electrons. The zero-order valence-electron chi connectivity index (χ0n) is 12.4. The maximum Gasteiger partial charge on any atom is 0.324 e. The summed E-state index contributed by atoms with van der Waals surface area (Å²) in [5.74, 6) is 0.741. The van der Waals surface area contributed by atoms with Crippen LogP contribution in [0.4, 0.5) is 10.5 Å². The van der Waals surface area contributed by atoms with E-state index in [9.17, 15) is 4.79 Å². The van der Waals surface area contributed by atoms with Gasteiger partial charge < -0.3 is 9.32 Å². The zero-order valence-corrected chi connectivity index (χ0v) is 12.4. The Morgan fingerprint density at radius 1 is 1.36 bits per heavy atom. The number of oxazole rings is 1. The Labute approximate surface area is 127 Å². The van der Waals surface area contributed by atoms with E-state index in [4.69, 9.17) is 4.42 Å². The number of likely N-dealkylation sites (N-methyl/N-ethyl adjacent to an activating group) is 1. The molecule has 0 saturated carbocycles. The second-order valence-corrected chi connectivity index (χ2v) is 5.81. The summed E-state index contributed by atoms with van der Waals surface area (Å²) in [5, 5.41) is 4.41. The normalized spacial score (nSPS) is 20.0. The molecule has 8 heteroatoms. The summed E-state index contributed by atoms with van der Waals surface area (Å²) in [4.78, 5) is 21.9. The maximum atomic E-state index is 12.0. The van der Waals surface area contributed by atoms with Crippen molar-refractivity contribution >= 4 is 11.7 Å². The van der Waals surface area contributed by atoms with Crippen LogP contribution in [-0.2, 0) is 6.54 Å². The molecule has 0 aromatic carbocycles. The molecule has 4 rings (SSSR count). The van der Waals surface area contributed by atoms with Crippen LogP contribution < -0.4 is 4.90 Å². The summed E-state index contributed by atoms with van der Waals surface area (Å²) in [6.45, 7) is 4.04. The fourth-order valence-electron chi connectivity index (χ4n) is 2.92. The number of nitrogens with zero attached hydrogens (tertiary/aromatic N) is 6. The van der Waals surface area contributed by atoms with Gasteiger partial charge in [-0.05, 0) is 0 Å². The van der Waals surface area contributed by atoms with Gasteiger partial charge in [0.25, 0.3) is 0 Å². The molecule has 2 aliphatic heterocycles. The first-order valence-corrected chi connectivity index (χ1v) is 7.38. The molecular formula is C14H18N6O2. The van der Waals surface area contributed by atoms with E-state index in [0.717, 1.165) is 44.3 Å². The smallest absolute Gasteiger partial charge is 0.324 e. The van der Waals surface area contributed by atoms with E-state index in [-0.39, 0.29) is 6.03 Å². The molecule has 0 unspecified atom stereocenters. The lowest BCUT2D eigenvalue weighted by atomic mass is 10.1. The van der Waals surface area contributed by atoms with Crippen LogP contribution in [0, 0.1) is 0 Å². The van der Waals surface area contributed by atoms with E-state index in [1.165, 1.54) is 0 Å². The first-order valence-electron chi connectivity index (χ1n) is 7.38. The minimum absolute atomic E-state index is 0.0404. The number of carbonyl (C=O) groups excluding carboxylic acids is 1. The second kappa shape index (κ2) is 5.13. The van der Waals surface area contributed by atoms with E-state index in [2.05, 4.69) is 15.0 Å². The van der Waals surface area contributed by atoms with Gasteiger partial charge in [0.05, 0.1) is 30.7 Å². The summed E-state index contributed by atoms with van der Waals surface area (Å²) < 4.78 is 7.20. The van der Waals surface area contributed by atoms with E-state index >= 15 is 0 Å². The fraction of sp³-hybridized carbons (Fsp3) is 0.500. The SMILES string of the molecule is CN1CCN(c2cnn(C3CN(Cc4ncco4)C3)c2)C1=O. The Morgan fingerprint density at radius 3 is 2.91 bits per heavy atom. The Morgan fingerprint density at radius 2 is 2.23 bits per heavy atom. The predicted molar refractivity (Wildman–Crippen MR) is 78.4 cm³/mol. The molecule has 0 aliphatic carbocycles. The van der Waals surface area contributed by atoms with Crippen molar-refractivity contribution in [2.45, 2.75) is 12.6 Å². The standard InChI is InChI=1S/C14H18N6O2/c1-17-3-4-19(14(17)21)11-6-16-20(9-11)12-7-18(8-12)10-13-15-2-5-22-13/h2,5-6,9,12H,3-4,7-8,10H2,1H3. The number of rotatable bonds is 4. The van der Waals surface area contributed by atoms with E-state index in [1.54, 1.807) is 28.5 Å². The highest BCUT2D eigenvalue weighted by Gasteiger charge is 2.32. The number of urea groups is 1. The highest BCUT2D eigenvalue weighted by atomic mass is 16.3. The molecule has 0 radical (unpaired) electrons. The molecule has 0 atom stereocenters. The zero-order chi connectivity index (χ0) is 15.1. The summed E-state index contributed by atoms with van der Waals surface area (Å²) in [7, 11) is 1.82. The Bertz CT molecular complexity index is 661. The topological polar surface area (TPSA) is 70.6 Å². The summed E-state index contributed by atoms with van der Waals surface area (Å²) in [6.07, 6.45) is 6.99. The lowest BCUT2D eigenvalue weighted by molar-refractivity contribution is 0.0815. The van der Waals surface area contributed by atoms with E-state index in [0.29, 0.717) is 6.04 Å². The average Bonchev–Trinajstić information content (AvgIpc) is 3.18. The van der Waals surface area contributed by atoms with Crippen LogP contribution in [0.1, 0.15) is 11.9 Å². The van der Waals surface area contributed by atoms with E-state index in [1.807, 2.05) is 17.9 Å². The van der Waals surface area contributed by atoms with Gasteiger partial charge in [-0.15, -0.1) is 0 Å². The monoisotopic (exact) mass is 302 g/mol. The summed E-state index contributed by atoms with van der Waals surface area (Å²) in [5.41, 5.74) is 0.875. The first-order chi connectivity index (χ1) is 10.7. The van der Waals surface area contributed by atoms with Gasteiger partial charge in [0.2, 0.25) is 5.89 Å². The predicted octanol–water partition coefficient (Wildman–Crippen LogP) is 0.800. The third-order valence-corrected chi connectivity index (χ3v) is 4.27. The number of hydrogen-bond acceptors (Lipinski definition) is 5. The third-order valence-electron chi connectivity index (χ3n) is 4.27. The molecule has 0 N–H and O–H groups in total. The van der Waals surface area contributed by atoms with Crippen molar-refractivity contribution in [2.75, 3.05) is 38.1 Å². The van der Waals surface area contributed by atoms with Gasteiger partial charge in [0, 0.05) is 39.4 Å². The minimum atomic E-state index is 0.0404. The molecule has 2 aromatic heterocycles. The average molecular weight is 302 g/mol. The summed E-state index contributed by atoms with van der Waals surface area (Å²) in [6, 6.07) is 0.387. The Kier molecular flexibility index (Phi) is 3.11. The van der Waals surface area contributed by atoms with Gasteiger partial charge in [-0.2, -0.15) is 5.10 Å². The third kappa shape index (κ3) is 2.25. The van der Waals surface area contributed by atoms with Crippen molar-refractivity contribution in [3.05, 3.63) is 30.7 Å². The Hall–Kier alpha value is -2.35. The van der Waals surface area contributed by atoms with Crippen LogP contribution in [0.3, 0.4) is 0 Å². The molecule has 8 nitrogen and oxygen atoms in total. The van der Waals surface area contributed by atoms with Crippen molar-refractivity contribution in [2.24, 2.45) is 0 Å². The molecule has 2 fully saturated rings. The number of aromatic nitrogens is 3. The molecule has 0 spiro atoms. The van der Waals surface area contributed by atoms with Crippen molar-refractivity contribution < 1.29 is 9.21 Å². The molecular weight excluding hydrogens is 284 g/mol. The molecule has 2 aromatic rings. The van der Waals surface area contributed by atoms with Crippen molar-refractivity contribution in [1.82, 2.24) is 24.6 Å². The van der Waals surface area contributed by atoms with Gasteiger partial charge in [-0.1, -0.05) is 0 Å². The number of hydrogen-bond donors (Lipinski definition) is 0. The lowest BCUT2D eigenvalue weighted by Crippen LogP contribution is -2.47. The van der Waals surface area contributed by atoms with Gasteiger partial charge in [-0.3, -0.25) is 14.5 Å². The minimum Gasteiger partial charge on any atom is -0.448 e. The Balaban J connectivity index is 1.36. The van der Waals surface area contributed by atoms with Crippen LogP contribution >= 0.6 is 0 Å². The number of amides is 2. The fourth-order valence-corrected chi connectivity index (χ4v) is 2.92. The molecule has 4 heterocycles. The maximum absolute atomic E-state index is 12.0. The number of likely N-dealkylation sites (tertiary alicyclic amines) is 1. The molecule has 2 aliphatic rings. The highest BCUT2D eigenvalue weighted by Crippen LogP contribution is 2.25. The van der Waals surface area contributed by atoms with Crippen LogP contribution in [0.5, 0.6) is 0 Å². The lowest BCUT2D eigenvalue weighted by Gasteiger charge is -2.38. The molecule has 2 saturated heterocycles. The second-order valence-electron chi connectivity index (χ2n) is 5.81. The van der Waals surface area contributed by atoms with Crippen LogP contribution in [0.15, 0.2) is 29.3 Å². The van der Waals surface area contributed by atoms with Gasteiger partial charge >= 0.3 is 6.03 Å². The summed E-state index contributed by atoms with van der Waals surface area (Å²) >= 11 is 0. The number of anilines is 1. The van der Waals surface area contributed by atoms with Crippen molar-refractivity contribution in [3.8, 4) is 0 Å². The van der Waals surface area contributed by atoms with Crippen LogP contribution in [-0.4, -0.2) is 63.8 Å². The largest absolute Gasteiger partial charge is 0.448 e. The number of carbonyl (C=O) groups is 1. The van der Waals surface area contributed by atoms with Crippen molar-refractivity contribution in [3.63, 3.8) is 0 Å². The molecule has 2 amide bonds. The van der Waals surface area contributed by atoms with Crippen molar-refractivity contribution in [1.29, 1.82) is 0 Å². The first kappa shape index (κ1) is 13.3. The molecule has 22 heavy (non-hydrogen) atoms. The van der Waals surface area contributed by atoms with Crippen LogP contribution in [0.2, 0.25) is 0 Å². The van der Waals surface area contributed by atoms with E-state index < -0.39 is 0 Å². The quantitative estimate of drug-likeness (QED) is 0.835.